The maximum absolute atomic E-state index is 10.9. The summed E-state index contributed by atoms with van der Waals surface area (Å²) >= 11 is 0. The highest BCUT2D eigenvalue weighted by Crippen LogP contribution is 2.08. The van der Waals surface area contributed by atoms with Crippen molar-refractivity contribution in [2.75, 3.05) is 13.1 Å². The van der Waals surface area contributed by atoms with Crippen LogP contribution in [0, 0.1) is 5.92 Å². The number of carboxylic acid groups (broad SMARTS) is 1. The van der Waals surface area contributed by atoms with Gasteiger partial charge in [-0.05, 0) is 18.6 Å². The van der Waals surface area contributed by atoms with Gasteiger partial charge in [-0.15, -0.1) is 0 Å². The molecule has 0 aliphatic heterocycles. The highest BCUT2D eigenvalue weighted by Gasteiger charge is 2.16. The van der Waals surface area contributed by atoms with Gasteiger partial charge in [-0.2, -0.15) is 0 Å². The molecule has 98 valence electrons. The fraction of sp³-hybridized carbons (Fsp3) is 0.429. The zero-order valence-corrected chi connectivity index (χ0v) is 11.0. The van der Waals surface area contributed by atoms with Crippen LogP contribution in [0.1, 0.15) is 19.4 Å². The van der Waals surface area contributed by atoms with Crippen molar-refractivity contribution in [3.8, 4) is 0 Å². The lowest BCUT2D eigenvalue weighted by molar-refractivity contribution is -0.141. The van der Waals surface area contributed by atoms with E-state index in [2.05, 4.69) is 16.5 Å². The number of aromatic nitrogens is 1. The third-order valence-electron chi connectivity index (χ3n) is 2.58. The van der Waals surface area contributed by atoms with E-state index in [1.165, 1.54) is 0 Å². The minimum atomic E-state index is -0.770. The summed E-state index contributed by atoms with van der Waals surface area (Å²) in [6, 6.07) is 3.87. The van der Waals surface area contributed by atoms with E-state index in [1.807, 2.05) is 19.1 Å². The zero-order chi connectivity index (χ0) is 13.5. The van der Waals surface area contributed by atoms with Gasteiger partial charge in [-0.1, -0.05) is 25.1 Å². The van der Waals surface area contributed by atoms with Gasteiger partial charge in [0.2, 0.25) is 0 Å². The number of aliphatic carboxylic acids is 1. The molecule has 0 amide bonds. The Morgan fingerprint density at radius 3 is 2.83 bits per heavy atom. The maximum atomic E-state index is 10.9. The molecule has 0 bridgehead atoms. The average molecular weight is 248 g/mol. The van der Waals surface area contributed by atoms with E-state index in [0.717, 1.165) is 11.1 Å². The smallest absolute Gasteiger partial charge is 0.307 e. The normalized spacial score (nSPS) is 12.4. The number of hydrogen-bond acceptors (Lipinski definition) is 3. The Bertz CT molecular complexity index is 404. The summed E-state index contributed by atoms with van der Waals surface area (Å²) in [5.41, 5.74) is 2.10. The molecule has 0 aromatic carbocycles. The van der Waals surface area contributed by atoms with Crippen molar-refractivity contribution in [1.82, 2.24) is 9.88 Å². The van der Waals surface area contributed by atoms with Crippen LogP contribution in [0.2, 0.25) is 0 Å². The minimum absolute atomic E-state index is 0.388. The summed E-state index contributed by atoms with van der Waals surface area (Å²) in [7, 11) is 0. The van der Waals surface area contributed by atoms with E-state index in [-0.39, 0.29) is 5.92 Å². The van der Waals surface area contributed by atoms with Crippen molar-refractivity contribution < 1.29 is 9.90 Å². The molecule has 0 saturated carbocycles. The van der Waals surface area contributed by atoms with Crippen LogP contribution < -0.4 is 0 Å². The fourth-order valence-corrected chi connectivity index (χ4v) is 1.78. The molecule has 1 N–H and O–H groups in total. The lowest BCUT2D eigenvalue weighted by Gasteiger charge is -2.24. The maximum Gasteiger partial charge on any atom is 0.307 e. The van der Waals surface area contributed by atoms with Crippen LogP contribution in [-0.2, 0) is 11.3 Å². The lowest BCUT2D eigenvalue weighted by Crippen LogP contribution is -2.32. The fourth-order valence-electron chi connectivity index (χ4n) is 1.78. The van der Waals surface area contributed by atoms with E-state index >= 15 is 0 Å². The molecule has 0 saturated heterocycles. The van der Waals surface area contributed by atoms with E-state index in [0.29, 0.717) is 19.6 Å². The third-order valence-corrected chi connectivity index (χ3v) is 2.58. The number of nitrogens with zero attached hydrogens (tertiary/aromatic N) is 2. The second-order valence-electron chi connectivity index (χ2n) is 4.73. The molecule has 1 unspecified atom stereocenters. The molecule has 0 radical (unpaired) electrons. The summed E-state index contributed by atoms with van der Waals surface area (Å²) < 4.78 is 0. The Morgan fingerprint density at radius 2 is 2.33 bits per heavy atom. The van der Waals surface area contributed by atoms with Crippen LogP contribution in [0.25, 0.3) is 0 Å². The van der Waals surface area contributed by atoms with Gasteiger partial charge in [0, 0.05) is 32.0 Å². The summed E-state index contributed by atoms with van der Waals surface area (Å²) in [5.74, 6) is -1.16. The SMILES string of the molecule is C=C(C)CN(Cc1cccnc1)CC(C)C(=O)O. The van der Waals surface area contributed by atoms with Gasteiger partial charge < -0.3 is 5.11 Å². The average Bonchev–Trinajstić information content (AvgIpc) is 2.29. The molecule has 0 fully saturated rings. The van der Waals surface area contributed by atoms with Crippen LogP contribution in [0.15, 0.2) is 36.7 Å². The zero-order valence-electron chi connectivity index (χ0n) is 11.0. The molecule has 0 aliphatic rings. The Labute approximate surface area is 108 Å². The number of hydrogen-bond donors (Lipinski definition) is 1. The van der Waals surface area contributed by atoms with Crippen LogP contribution >= 0.6 is 0 Å². The van der Waals surface area contributed by atoms with E-state index in [1.54, 1.807) is 19.3 Å². The topological polar surface area (TPSA) is 53.4 Å². The number of carbonyl (C=O) groups is 1. The van der Waals surface area contributed by atoms with Gasteiger partial charge in [0.25, 0.3) is 0 Å². The summed E-state index contributed by atoms with van der Waals surface area (Å²) in [6.45, 7) is 9.45. The number of rotatable bonds is 7. The Morgan fingerprint density at radius 1 is 1.61 bits per heavy atom. The van der Waals surface area contributed by atoms with Gasteiger partial charge in [0.15, 0.2) is 0 Å². The molecule has 18 heavy (non-hydrogen) atoms. The van der Waals surface area contributed by atoms with Gasteiger partial charge in [0.05, 0.1) is 5.92 Å². The van der Waals surface area contributed by atoms with Gasteiger partial charge in [0.1, 0.15) is 0 Å². The van der Waals surface area contributed by atoms with Crippen molar-refractivity contribution >= 4 is 5.97 Å². The van der Waals surface area contributed by atoms with Gasteiger partial charge in [-0.25, -0.2) is 0 Å². The lowest BCUT2D eigenvalue weighted by atomic mass is 10.1. The molecular weight excluding hydrogens is 228 g/mol. The molecule has 1 atom stereocenters. The summed E-state index contributed by atoms with van der Waals surface area (Å²) in [4.78, 5) is 17.1. The first-order valence-corrected chi connectivity index (χ1v) is 5.97. The number of carboxylic acids is 1. The van der Waals surface area contributed by atoms with Crippen LogP contribution in [0.3, 0.4) is 0 Å². The third kappa shape index (κ3) is 5.10. The van der Waals surface area contributed by atoms with Crippen molar-refractivity contribution in [3.05, 3.63) is 42.2 Å². The highest BCUT2D eigenvalue weighted by atomic mass is 16.4. The molecule has 1 aromatic rings. The predicted octanol–water partition coefficient (Wildman–Crippen LogP) is 2.18. The standard InChI is InChI=1S/C14H20N2O2/c1-11(2)8-16(9-12(3)14(17)18)10-13-5-4-6-15-7-13/h4-7,12H,1,8-10H2,2-3H3,(H,17,18). The van der Waals surface area contributed by atoms with Crippen LogP contribution in [0.4, 0.5) is 0 Å². The first-order valence-electron chi connectivity index (χ1n) is 5.97. The molecule has 1 rings (SSSR count). The van der Waals surface area contributed by atoms with Crippen LogP contribution in [0.5, 0.6) is 0 Å². The Balaban J connectivity index is 2.66. The Hall–Kier alpha value is -1.68. The molecule has 1 heterocycles. The minimum Gasteiger partial charge on any atom is -0.481 e. The van der Waals surface area contributed by atoms with E-state index < -0.39 is 5.97 Å². The molecule has 1 aromatic heterocycles. The monoisotopic (exact) mass is 248 g/mol. The summed E-state index contributed by atoms with van der Waals surface area (Å²) in [6.07, 6.45) is 3.53. The first-order chi connectivity index (χ1) is 8.49. The van der Waals surface area contributed by atoms with E-state index in [9.17, 15) is 4.79 Å². The van der Waals surface area contributed by atoms with Crippen molar-refractivity contribution in [2.45, 2.75) is 20.4 Å². The first kappa shape index (κ1) is 14.4. The van der Waals surface area contributed by atoms with E-state index in [4.69, 9.17) is 5.11 Å². The van der Waals surface area contributed by atoms with Gasteiger partial charge >= 0.3 is 5.97 Å². The summed E-state index contributed by atoms with van der Waals surface area (Å²) in [5, 5.41) is 8.97. The predicted molar refractivity (Wildman–Crippen MR) is 71.1 cm³/mol. The molecule has 4 heteroatoms. The van der Waals surface area contributed by atoms with Gasteiger partial charge in [-0.3, -0.25) is 14.7 Å². The molecular formula is C14H20N2O2. The largest absolute Gasteiger partial charge is 0.481 e. The van der Waals surface area contributed by atoms with Crippen LogP contribution in [-0.4, -0.2) is 34.0 Å². The Kier molecular flexibility index (Phi) is 5.52. The second-order valence-corrected chi connectivity index (χ2v) is 4.73. The molecule has 4 nitrogen and oxygen atoms in total. The number of pyridine rings is 1. The van der Waals surface area contributed by atoms with Crippen molar-refractivity contribution in [2.24, 2.45) is 5.92 Å². The second kappa shape index (κ2) is 6.91. The quantitative estimate of drug-likeness (QED) is 0.751. The van der Waals surface area contributed by atoms with Crippen molar-refractivity contribution in [1.29, 1.82) is 0 Å². The highest BCUT2D eigenvalue weighted by molar-refractivity contribution is 5.69. The van der Waals surface area contributed by atoms with Crippen molar-refractivity contribution in [3.63, 3.8) is 0 Å². The molecule has 0 spiro atoms. The molecule has 0 aliphatic carbocycles.